The van der Waals surface area contributed by atoms with E-state index in [4.69, 9.17) is 4.74 Å². The normalized spacial score (nSPS) is 15.7. The summed E-state index contributed by atoms with van der Waals surface area (Å²) in [6.45, 7) is 7.00. The van der Waals surface area contributed by atoms with E-state index >= 15 is 0 Å². The molecule has 0 aliphatic heterocycles. The maximum Gasteiger partial charge on any atom is 0.341 e. The number of fused-ring (bicyclic) bond motifs is 2. The molecule has 10 heteroatoms. The average Bonchev–Trinajstić information content (AvgIpc) is 3.35. The van der Waals surface area contributed by atoms with Gasteiger partial charge in [-0.1, -0.05) is 30.4 Å². The fourth-order valence-corrected chi connectivity index (χ4v) is 7.33. The minimum Gasteiger partial charge on any atom is -0.462 e. The number of benzene rings is 1. The molecule has 3 aromatic rings. The summed E-state index contributed by atoms with van der Waals surface area (Å²) in [5.41, 5.74) is 2.57. The van der Waals surface area contributed by atoms with Gasteiger partial charge >= 0.3 is 5.97 Å². The van der Waals surface area contributed by atoms with Crippen molar-refractivity contribution in [3.05, 3.63) is 45.1 Å². The second-order valence-electron chi connectivity index (χ2n) is 8.42. The third-order valence-corrected chi connectivity index (χ3v) is 8.97. The molecule has 0 saturated heterocycles. The standard InChI is InChI=1S/C25H29N3O4S3/c1-4-28-17-8-6-7-9-18(17)35-25(28)27-21(30)14-33-13-20(29)26-23-22(24(31)32-5-2)16-11-10-15(3)12-19(16)34-23/h6-9,15H,4-5,10-14H2,1-3H3,(H,26,29). The fourth-order valence-electron chi connectivity index (χ4n) is 4.20. The van der Waals surface area contributed by atoms with Crippen LogP contribution in [0.1, 0.15) is 48.0 Å². The monoisotopic (exact) mass is 531 g/mol. The molecule has 186 valence electrons. The molecule has 1 aliphatic carbocycles. The molecule has 1 aliphatic rings. The Hall–Kier alpha value is -2.43. The molecule has 0 bridgehead atoms. The molecule has 2 amide bonds. The molecule has 0 spiro atoms. The minimum atomic E-state index is -0.385. The van der Waals surface area contributed by atoms with Crippen molar-refractivity contribution >= 4 is 67.4 Å². The third kappa shape index (κ3) is 5.87. The van der Waals surface area contributed by atoms with E-state index in [1.54, 1.807) is 6.92 Å². The summed E-state index contributed by atoms with van der Waals surface area (Å²) >= 11 is 4.17. The van der Waals surface area contributed by atoms with Crippen molar-refractivity contribution in [2.75, 3.05) is 23.4 Å². The number of nitrogens with zero attached hydrogens (tertiary/aromatic N) is 2. The van der Waals surface area contributed by atoms with Crippen molar-refractivity contribution in [3.8, 4) is 0 Å². The topological polar surface area (TPSA) is 89.8 Å². The zero-order valence-electron chi connectivity index (χ0n) is 20.1. The Balaban J connectivity index is 1.40. The van der Waals surface area contributed by atoms with Gasteiger partial charge in [-0.15, -0.1) is 23.1 Å². The van der Waals surface area contributed by atoms with E-state index in [2.05, 4.69) is 17.2 Å². The summed E-state index contributed by atoms with van der Waals surface area (Å²) in [7, 11) is 0. The smallest absolute Gasteiger partial charge is 0.341 e. The highest BCUT2D eigenvalue weighted by molar-refractivity contribution is 8.00. The van der Waals surface area contributed by atoms with Gasteiger partial charge in [-0.05, 0) is 56.7 Å². The van der Waals surface area contributed by atoms with Gasteiger partial charge in [0.25, 0.3) is 5.91 Å². The Kier molecular flexibility index (Phi) is 8.46. The van der Waals surface area contributed by atoms with Crippen molar-refractivity contribution in [1.29, 1.82) is 0 Å². The van der Waals surface area contributed by atoms with E-state index in [9.17, 15) is 14.4 Å². The molecule has 1 aromatic carbocycles. The van der Waals surface area contributed by atoms with E-state index in [0.717, 1.165) is 46.5 Å². The first-order valence-corrected chi connectivity index (χ1v) is 14.5. The second-order valence-corrected chi connectivity index (χ2v) is 11.5. The molecule has 0 saturated carbocycles. The minimum absolute atomic E-state index is 0.0999. The van der Waals surface area contributed by atoms with Gasteiger partial charge < -0.3 is 14.6 Å². The van der Waals surface area contributed by atoms with Crippen molar-refractivity contribution in [1.82, 2.24) is 4.57 Å². The zero-order chi connectivity index (χ0) is 24.9. The molecule has 0 fully saturated rings. The molecular weight excluding hydrogens is 502 g/mol. The Morgan fingerprint density at radius 1 is 1.20 bits per heavy atom. The number of hydrogen-bond donors (Lipinski definition) is 1. The number of hydrogen-bond acceptors (Lipinski definition) is 7. The summed E-state index contributed by atoms with van der Waals surface area (Å²) in [4.78, 5) is 43.9. The maximum absolute atomic E-state index is 12.7. The van der Waals surface area contributed by atoms with E-state index in [1.165, 1.54) is 34.4 Å². The van der Waals surface area contributed by atoms with E-state index in [1.807, 2.05) is 35.8 Å². The molecule has 1 atom stereocenters. The first-order chi connectivity index (χ1) is 16.9. The largest absolute Gasteiger partial charge is 0.462 e. The lowest BCUT2D eigenvalue weighted by molar-refractivity contribution is -0.115. The molecule has 2 aromatic heterocycles. The summed E-state index contributed by atoms with van der Waals surface area (Å²) in [6, 6.07) is 7.98. The number of anilines is 1. The van der Waals surface area contributed by atoms with Crippen LogP contribution in [0, 0.1) is 5.92 Å². The summed E-state index contributed by atoms with van der Waals surface area (Å²) in [6.07, 6.45) is 2.74. The van der Waals surface area contributed by atoms with Gasteiger partial charge in [0, 0.05) is 11.4 Å². The van der Waals surface area contributed by atoms with Gasteiger partial charge in [0.2, 0.25) is 5.91 Å². The van der Waals surface area contributed by atoms with Crippen molar-refractivity contribution in [2.24, 2.45) is 10.9 Å². The number of rotatable bonds is 8. The van der Waals surface area contributed by atoms with Gasteiger partial charge in [0.15, 0.2) is 4.80 Å². The molecule has 4 rings (SSSR count). The fraction of sp³-hybridized carbons (Fsp3) is 0.440. The van der Waals surface area contributed by atoms with Gasteiger partial charge in [-0.3, -0.25) is 9.59 Å². The van der Waals surface area contributed by atoms with Crippen LogP contribution < -0.4 is 10.1 Å². The van der Waals surface area contributed by atoms with Crippen LogP contribution in [-0.2, 0) is 33.7 Å². The number of ether oxygens (including phenoxy) is 1. The first-order valence-electron chi connectivity index (χ1n) is 11.8. The van der Waals surface area contributed by atoms with Gasteiger partial charge in [0.1, 0.15) is 5.00 Å². The van der Waals surface area contributed by atoms with Crippen LogP contribution in [-0.4, -0.2) is 40.5 Å². The van der Waals surface area contributed by atoms with Crippen LogP contribution in [0.5, 0.6) is 0 Å². The molecule has 1 unspecified atom stereocenters. The van der Waals surface area contributed by atoms with Crippen molar-refractivity contribution in [3.63, 3.8) is 0 Å². The van der Waals surface area contributed by atoms with E-state index < -0.39 is 0 Å². The Bertz CT molecular complexity index is 1320. The van der Waals surface area contributed by atoms with Crippen LogP contribution in [0.3, 0.4) is 0 Å². The molecule has 35 heavy (non-hydrogen) atoms. The maximum atomic E-state index is 12.7. The van der Waals surface area contributed by atoms with Gasteiger partial charge in [0.05, 0.1) is 33.9 Å². The summed E-state index contributed by atoms with van der Waals surface area (Å²) in [5, 5.41) is 3.45. The molecule has 7 nitrogen and oxygen atoms in total. The lowest BCUT2D eigenvalue weighted by atomic mass is 9.88. The first kappa shape index (κ1) is 25.7. The highest BCUT2D eigenvalue weighted by Gasteiger charge is 2.29. The quantitative estimate of drug-likeness (QED) is 0.418. The number of para-hydroxylation sites is 1. The Morgan fingerprint density at radius 3 is 2.77 bits per heavy atom. The lowest BCUT2D eigenvalue weighted by Gasteiger charge is -2.18. The molecule has 0 radical (unpaired) electrons. The number of aromatic nitrogens is 1. The van der Waals surface area contributed by atoms with Gasteiger partial charge in [-0.25, -0.2) is 4.79 Å². The van der Waals surface area contributed by atoms with Crippen LogP contribution in [0.2, 0.25) is 0 Å². The SMILES string of the molecule is CCOC(=O)c1c(NC(=O)CSCC(=O)N=c2sc3ccccc3n2CC)sc2c1CCC(C)C2. The number of thiophene rings is 1. The Morgan fingerprint density at radius 2 is 2.00 bits per heavy atom. The third-order valence-electron chi connectivity index (χ3n) is 5.83. The predicted molar refractivity (Wildman–Crippen MR) is 143 cm³/mol. The number of carbonyl (C=O) groups is 3. The van der Waals surface area contributed by atoms with Crippen LogP contribution >= 0.6 is 34.4 Å². The summed E-state index contributed by atoms with van der Waals surface area (Å²) < 4.78 is 8.37. The Labute approximate surface area is 216 Å². The lowest BCUT2D eigenvalue weighted by Crippen LogP contribution is -2.19. The number of nitrogens with one attached hydrogen (secondary N) is 1. The van der Waals surface area contributed by atoms with Crippen molar-refractivity contribution < 1.29 is 19.1 Å². The van der Waals surface area contributed by atoms with Gasteiger partial charge in [-0.2, -0.15) is 4.99 Å². The van der Waals surface area contributed by atoms with E-state index in [-0.39, 0.29) is 35.9 Å². The van der Waals surface area contributed by atoms with Crippen LogP contribution in [0.15, 0.2) is 29.3 Å². The van der Waals surface area contributed by atoms with Crippen LogP contribution in [0.4, 0.5) is 5.00 Å². The summed E-state index contributed by atoms with van der Waals surface area (Å²) in [5.74, 6) is -0.145. The highest BCUT2D eigenvalue weighted by atomic mass is 32.2. The number of amides is 2. The van der Waals surface area contributed by atoms with Crippen molar-refractivity contribution in [2.45, 2.75) is 46.6 Å². The molecular formula is C25H29N3O4S3. The number of esters is 1. The number of carbonyl (C=O) groups excluding carboxylic acids is 3. The highest BCUT2D eigenvalue weighted by Crippen LogP contribution is 2.40. The zero-order valence-corrected chi connectivity index (χ0v) is 22.5. The number of aryl methyl sites for hydroxylation is 1. The molecule has 1 N–H and O–H groups in total. The van der Waals surface area contributed by atoms with E-state index in [0.29, 0.717) is 21.3 Å². The number of thiazole rings is 1. The van der Waals surface area contributed by atoms with Crippen LogP contribution in [0.25, 0.3) is 10.2 Å². The number of thioether (sulfide) groups is 1. The average molecular weight is 532 g/mol. The molecule has 2 heterocycles. The second kappa shape index (κ2) is 11.5. The predicted octanol–water partition coefficient (Wildman–Crippen LogP) is 4.88.